The molecule has 1 aliphatic rings. The molecule has 0 heterocycles. The molecule has 158 valence electrons. The van der Waals surface area contributed by atoms with Gasteiger partial charge in [-0.25, -0.2) is 0 Å². The van der Waals surface area contributed by atoms with Crippen molar-refractivity contribution in [2.75, 3.05) is 31.1 Å². The van der Waals surface area contributed by atoms with E-state index in [0.29, 0.717) is 6.04 Å². The predicted molar refractivity (Wildman–Crippen MR) is 127 cm³/mol. The lowest BCUT2D eigenvalue weighted by Crippen LogP contribution is -2.37. The summed E-state index contributed by atoms with van der Waals surface area (Å²) < 4.78 is 0. The van der Waals surface area contributed by atoms with E-state index in [2.05, 4.69) is 85.2 Å². The average Bonchev–Trinajstić information content (AvgIpc) is 3.18. The van der Waals surface area contributed by atoms with Gasteiger partial charge in [-0.05, 0) is 74.5 Å². The highest BCUT2D eigenvalue weighted by Crippen LogP contribution is 2.29. The van der Waals surface area contributed by atoms with Gasteiger partial charge in [0.2, 0.25) is 0 Å². The Labute approximate surface area is 178 Å². The molecule has 0 bridgehead atoms. The largest absolute Gasteiger partial charge is 0.368 e. The van der Waals surface area contributed by atoms with Crippen LogP contribution in [0.4, 0.5) is 5.69 Å². The topological polar surface area (TPSA) is 6.48 Å². The smallest absolute Gasteiger partial charge is 0.0370 e. The Hall–Kier alpha value is -1.80. The second kappa shape index (κ2) is 11.4. The molecule has 2 nitrogen and oxygen atoms in total. The highest BCUT2D eigenvalue weighted by atomic mass is 15.2. The third-order valence-electron chi connectivity index (χ3n) is 6.74. The van der Waals surface area contributed by atoms with E-state index in [-0.39, 0.29) is 0 Å². The molecule has 0 aliphatic heterocycles. The molecule has 3 rings (SSSR count). The second-order valence-corrected chi connectivity index (χ2v) is 8.78. The van der Waals surface area contributed by atoms with Crippen LogP contribution in [0.25, 0.3) is 0 Å². The van der Waals surface area contributed by atoms with Gasteiger partial charge in [-0.1, -0.05) is 76.1 Å². The van der Waals surface area contributed by atoms with E-state index in [0.717, 1.165) is 5.92 Å². The van der Waals surface area contributed by atoms with Crippen molar-refractivity contribution in [1.82, 2.24) is 4.90 Å². The Morgan fingerprint density at radius 3 is 2.03 bits per heavy atom. The fourth-order valence-corrected chi connectivity index (χ4v) is 4.77. The van der Waals surface area contributed by atoms with Gasteiger partial charge in [0.1, 0.15) is 0 Å². The number of nitrogens with zero attached hydrogens (tertiary/aromatic N) is 2. The van der Waals surface area contributed by atoms with Gasteiger partial charge in [0.05, 0.1) is 0 Å². The van der Waals surface area contributed by atoms with Gasteiger partial charge in [0.15, 0.2) is 0 Å². The molecule has 0 radical (unpaired) electrons. The number of unbranched alkanes of at least 4 members (excludes halogenated alkanes) is 1. The summed E-state index contributed by atoms with van der Waals surface area (Å²) in [6, 6.07) is 20.7. The molecule has 0 unspecified atom stereocenters. The van der Waals surface area contributed by atoms with Crippen molar-refractivity contribution < 1.29 is 0 Å². The Balaban J connectivity index is 1.52. The summed E-state index contributed by atoms with van der Waals surface area (Å²) in [7, 11) is 0. The molecular formula is C27H40N2. The molecule has 0 amide bonds. The molecular weight excluding hydrogens is 352 g/mol. The number of para-hydroxylation sites is 1. The van der Waals surface area contributed by atoms with E-state index in [1.165, 1.54) is 70.4 Å². The molecule has 0 N–H and O–H groups in total. The summed E-state index contributed by atoms with van der Waals surface area (Å²) in [5.74, 6) is 0.793. The summed E-state index contributed by atoms with van der Waals surface area (Å²) in [6.07, 6.45) is 7.71. The van der Waals surface area contributed by atoms with Gasteiger partial charge in [-0.15, -0.1) is 0 Å². The number of fused-ring (bicyclic) bond motifs is 1. The van der Waals surface area contributed by atoms with Crippen LogP contribution in [-0.4, -0.2) is 37.1 Å². The Kier molecular flexibility index (Phi) is 8.61. The van der Waals surface area contributed by atoms with Crippen molar-refractivity contribution in [3.8, 4) is 0 Å². The van der Waals surface area contributed by atoms with Crippen LogP contribution in [0.1, 0.15) is 57.6 Å². The minimum atomic E-state index is 0.602. The maximum atomic E-state index is 2.69. The van der Waals surface area contributed by atoms with E-state index in [1.807, 2.05) is 0 Å². The maximum Gasteiger partial charge on any atom is 0.0370 e. The van der Waals surface area contributed by atoms with Crippen LogP contribution in [0.5, 0.6) is 0 Å². The highest BCUT2D eigenvalue weighted by molar-refractivity contribution is 5.49. The van der Waals surface area contributed by atoms with Crippen LogP contribution in [0.3, 0.4) is 0 Å². The Morgan fingerprint density at radius 1 is 0.793 bits per heavy atom. The molecule has 0 saturated carbocycles. The van der Waals surface area contributed by atoms with Crippen LogP contribution in [0.15, 0.2) is 54.6 Å². The highest BCUT2D eigenvalue weighted by Gasteiger charge is 2.26. The lowest BCUT2D eigenvalue weighted by atomic mass is 9.99. The Bertz CT molecular complexity index is 682. The number of rotatable bonds is 12. The summed E-state index contributed by atoms with van der Waals surface area (Å²) in [5, 5.41) is 0. The third kappa shape index (κ3) is 6.34. The molecule has 0 fully saturated rings. The summed E-state index contributed by atoms with van der Waals surface area (Å²) in [5.41, 5.74) is 4.48. The molecule has 2 aromatic rings. The SMILES string of the molecule is CCN(CC)CCCC[C@H](C)CCN(c1ccccc1)C1Cc2ccccc2C1. The van der Waals surface area contributed by atoms with Crippen LogP contribution in [0.2, 0.25) is 0 Å². The standard InChI is InChI=1S/C27H40N2/c1-4-28(5-2)19-12-11-13-23(3)18-20-29(26-16-7-6-8-17-26)27-21-24-14-9-10-15-25(24)22-27/h6-10,14-17,23,27H,4-5,11-13,18-22H2,1-3H3/t23-/m0/s1. The number of benzene rings is 2. The van der Waals surface area contributed by atoms with Crippen LogP contribution in [-0.2, 0) is 12.8 Å². The van der Waals surface area contributed by atoms with Gasteiger partial charge in [0.25, 0.3) is 0 Å². The number of hydrogen-bond donors (Lipinski definition) is 0. The lowest BCUT2D eigenvalue weighted by Gasteiger charge is -2.32. The van der Waals surface area contributed by atoms with Gasteiger partial charge < -0.3 is 9.80 Å². The fraction of sp³-hybridized carbons (Fsp3) is 0.556. The minimum Gasteiger partial charge on any atom is -0.368 e. The van der Waals surface area contributed by atoms with Crippen molar-refractivity contribution >= 4 is 5.69 Å². The summed E-state index contributed by atoms with van der Waals surface area (Å²) in [4.78, 5) is 5.23. The summed E-state index contributed by atoms with van der Waals surface area (Å²) in [6.45, 7) is 11.8. The molecule has 0 aromatic heterocycles. The quantitative estimate of drug-likeness (QED) is 0.397. The average molecular weight is 393 g/mol. The normalized spacial score (nSPS) is 14.9. The van der Waals surface area contributed by atoms with Gasteiger partial charge >= 0.3 is 0 Å². The van der Waals surface area contributed by atoms with E-state index >= 15 is 0 Å². The minimum absolute atomic E-state index is 0.602. The Morgan fingerprint density at radius 2 is 1.41 bits per heavy atom. The number of anilines is 1. The zero-order chi connectivity index (χ0) is 20.5. The van der Waals surface area contributed by atoms with Crippen molar-refractivity contribution in [1.29, 1.82) is 0 Å². The third-order valence-corrected chi connectivity index (χ3v) is 6.74. The van der Waals surface area contributed by atoms with Crippen molar-refractivity contribution in [3.05, 3.63) is 65.7 Å². The number of hydrogen-bond acceptors (Lipinski definition) is 2. The van der Waals surface area contributed by atoms with Crippen molar-refractivity contribution in [2.45, 2.75) is 65.3 Å². The zero-order valence-corrected chi connectivity index (χ0v) is 18.8. The molecule has 2 heteroatoms. The monoisotopic (exact) mass is 392 g/mol. The van der Waals surface area contributed by atoms with E-state index in [9.17, 15) is 0 Å². The van der Waals surface area contributed by atoms with Crippen LogP contribution in [0, 0.1) is 5.92 Å². The first kappa shape index (κ1) is 21.9. The van der Waals surface area contributed by atoms with Crippen LogP contribution >= 0.6 is 0 Å². The first-order chi connectivity index (χ1) is 14.2. The van der Waals surface area contributed by atoms with E-state index in [4.69, 9.17) is 0 Å². The lowest BCUT2D eigenvalue weighted by molar-refractivity contribution is 0.291. The fourth-order valence-electron chi connectivity index (χ4n) is 4.77. The molecule has 0 spiro atoms. The molecule has 0 saturated heterocycles. The van der Waals surface area contributed by atoms with Crippen molar-refractivity contribution in [2.24, 2.45) is 5.92 Å². The van der Waals surface area contributed by atoms with Gasteiger partial charge in [-0.3, -0.25) is 0 Å². The molecule has 1 atom stereocenters. The first-order valence-corrected chi connectivity index (χ1v) is 11.8. The van der Waals surface area contributed by atoms with E-state index in [1.54, 1.807) is 11.1 Å². The maximum absolute atomic E-state index is 2.69. The predicted octanol–water partition coefficient (Wildman–Crippen LogP) is 6.20. The van der Waals surface area contributed by atoms with Gasteiger partial charge in [0, 0.05) is 18.3 Å². The first-order valence-electron chi connectivity index (χ1n) is 11.8. The zero-order valence-electron chi connectivity index (χ0n) is 18.8. The summed E-state index contributed by atoms with van der Waals surface area (Å²) >= 11 is 0. The second-order valence-electron chi connectivity index (χ2n) is 8.78. The van der Waals surface area contributed by atoms with E-state index < -0.39 is 0 Å². The van der Waals surface area contributed by atoms with Gasteiger partial charge in [-0.2, -0.15) is 0 Å². The molecule has 29 heavy (non-hydrogen) atoms. The molecule has 1 aliphatic carbocycles. The molecule has 2 aromatic carbocycles. The van der Waals surface area contributed by atoms with Crippen LogP contribution < -0.4 is 4.90 Å². The van der Waals surface area contributed by atoms with Crippen molar-refractivity contribution in [3.63, 3.8) is 0 Å².